The number of hydrogen-bond donors (Lipinski definition) is 2. The lowest BCUT2D eigenvalue weighted by molar-refractivity contribution is -0.146. The Morgan fingerprint density at radius 1 is 1.59 bits per heavy atom. The molecule has 1 aliphatic heterocycles. The molecule has 0 spiro atoms. The summed E-state index contributed by atoms with van der Waals surface area (Å²) in [4.78, 5) is 22.9. The van der Waals surface area contributed by atoms with Crippen LogP contribution in [0.3, 0.4) is 0 Å². The smallest absolute Gasteiger partial charge is 0.330 e. The summed E-state index contributed by atoms with van der Waals surface area (Å²) in [6.07, 6.45) is 3.47. The highest BCUT2D eigenvalue weighted by atomic mass is 32.2. The van der Waals surface area contributed by atoms with Gasteiger partial charge in [-0.15, -0.1) is 5.10 Å². The summed E-state index contributed by atoms with van der Waals surface area (Å²) in [5.74, 6) is -0.184. The Balaban J connectivity index is 1.99. The van der Waals surface area contributed by atoms with E-state index in [0.717, 1.165) is 5.75 Å². The molecule has 17 heavy (non-hydrogen) atoms. The fourth-order valence-corrected chi connectivity index (χ4v) is 2.98. The van der Waals surface area contributed by atoms with E-state index in [1.165, 1.54) is 22.6 Å². The second-order valence-corrected chi connectivity index (χ2v) is 4.94. The Morgan fingerprint density at radius 3 is 2.94 bits per heavy atom. The zero-order valence-electron chi connectivity index (χ0n) is 9.00. The van der Waals surface area contributed by atoms with Gasteiger partial charge in [-0.25, -0.2) is 9.48 Å². The first-order valence-electron chi connectivity index (χ1n) is 5.09. The van der Waals surface area contributed by atoms with Gasteiger partial charge in [0.15, 0.2) is 0 Å². The van der Waals surface area contributed by atoms with Crippen molar-refractivity contribution in [3.05, 3.63) is 12.4 Å². The van der Waals surface area contributed by atoms with Crippen LogP contribution in [0.2, 0.25) is 0 Å². The van der Waals surface area contributed by atoms with E-state index in [1.807, 2.05) is 0 Å². The molecule has 0 bridgehead atoms. The topological polar surface area (TPSA) is 97.1 Å². The van der Waals surface area contributed by atoms with E-state index in [1.54, 1.807) is 6.20 Å². The van der Waals surface area contributed by atoms with Crippen molar-refractivity contribution in [1.82, 2.24) is 20.3 Å². The van der Waals surface area contributed by atoms with E-state index >= 15 is 0 Å². The third-order valence-electron chi connectivity index (χ3n) is 2.59. The molecule has 8 heteroatoms. The molecule has 0 aliphatic carbocycles. The van der Waals surface area contributed by atoms with Crippen LogP contribution in [-0.4, -0.2) is 49.0 Å². The van der Waals surface area contributed by atoms with Gasteiger partial charge in [-0.1, -0.05) is 5.21 Å². The number of carbonyl (C=O) groups is 2. The van der Waals surface area contributed by atoms with Gasteiger partial charge in [-0.05, 0) is 12.2 Å². The van der Waals surface area contributed by atoms with E-state index in [0.29, 0.717) is 12.2 Å². The summed E-state index contributed by atoms with van der Waals surface area (Å²) in [6, 6.07) is 0. The lowest BCUT2D eigenvalue weighted by Gasteiger charge is -2.24. The minimum atomic E-state index is -1.12. The number of aromatic nitrogens is 3. The number of thioether (sulfide) groups is 1. The van der Waals surface area contributed by atoms with Gasteiger partial charge in [0, 0.05) is 11.9 Å². The second-order valence-electron chi connectivity index (χ2n) is 3.84. The number of rotatable bonds is 4. The van der Waals surface area contributed by atoms with Crippen LogP contribution in [-0.2, 0) is 16.1 Å². The molecule has 0 radical (unpaired) electrons. The van der Waals surface area contributed by atoms with Crippen LogP contribution in [0.1, 0.15) is 6.42 Å². The molecular weight excluding hydrogens is 244 g/mol. The van der Waals surface area contributed by atoms with Crippen molar-refractivity contribution in [1.29, 1.82) is 0 Å². The molecule has 1 amide bonds. The summed E-state index contributed by atoms with van der Waals surface area (Å²) in [5.41, 5.74) is -1.12. The molecule has 2 rings (SSSR count). The molecule has 1 unspecified atom stereocenters. The maximum atomic E-state index is 11.7. The highest BCUT2D eigenvalue weighted by Gasteiger charge is 2.43. The average molecular weight is 256 g/mol. The Labute approximate surface area is 102 Å². The number of amides is 1. The van der Waals surface area contributed by atoms with Crippen molar-refractivity contribution < 1.29 is 14.7 Å². The number of nitrogens with one attached hydrogen (secondary N) is 1. The highest BCUT2D eigenvalue weighted by molar-refractivity contribution is 7.99. The molecule has 1 atom stereocenters. The molecule has 2 N–H and O–H groups in total. The first kappa shape index (κ1) is 11.9. The van der Waals surface area contributed by atoms with Crippen LogP contribution < -0.4 is 5.32 Å². The second kappa shape index (κ2) is 4.74. The molecule has 1 fully saturated rings. The fraction of sp³-hybridized carbons (Fsp3) is 0.556. The Morgan fingerprint density at radius 2 is 2.41 bits per heavy atom. The van der Waals surface area contributed by atoms with Crippen molar-refractivity contribution >= 4 is 23.6 Å². The van der Waals surface area contributed by atoms with Gasteiger partial charge in [-0.2, -0.15) is 11.8 Å². The van der Waals surface area contributed by atoms with Crippen molar-refractivity contribution in [2.24, 2.45) is 0 Å². The van der Waals surface area contributed by atoms with Gasteiger partial charge < -0.3 is 10.4 Å². The first-order chi connectivity index (χ1) is 8.12. The van der Waals surface area contributed by atoms with Gasteiger partial charge in [0.2, 0.25) is 5.91 Å². The number of hydrogen-bond acceptors (Lipinski definition) is 5. The van der Waals surface area contributed by atoms with Crippen molar-refractivity contribution in [2.45, 2.75) is 18.5 Å². The molecular formula is C9H12N4O3S. The highest BCUT2D eigenvalue weighted by Crippen LogP contribution is 2.28. The summed E-state index contributed by atoms with van der Waals surface area (Å²) in [5, 5.41) is 19.0. The van der Waals surface area contributed by atoms with Gasteiger partial charge >= 0.3 is 5.97 Å². The van der Waals surface area contributed by atoms with Crippen LogP contribution in [0.25, 0.3) is 0 Å². The van der Waals surface area contributed by atoms with E-state index in [4.69, 9.17) is 0 Å². The SMILES string of the molecule is O=C(Cn1ccnn1)NC1(C(=O)O)CCSC1. The number of carboxylic acids is 1. The largest absolute Gasteiger partial charge is 0.479 e. The summed E-state index contributed by atoms with van der Waals surface area (Å²) >= 11 is 1.53. The first-order valence-corrected chi connectivity index (χ1v) is 6.24. The Hall–Kier alpha value is -1.57. The third-order valence-corrected chi connectivity index (χ3v) is 3.78. The number of aliphatic carboxylic acids is 1. The average Bonchev–Trinajstić information content (AvgIpc) is 2.89. The van der Waals surface area contributed by atoms with E-state index in [9.17, 15) is 14.7 Å². The zero-order valence-corrected chi connectivity index (χ0v) is 9.81. The third kappa shape index (κ3) is 2.57. The van der Waals surface area contributed by atoms with Crippen LogP contribution in [0.15, 0.2) is 12.4 Å². The standard InChI is InChI=1S/C9H12N4O3S/c14-7(5-13-3-2-10-12-13)11-9(8(15)16)1-4-17-6-9/h2-3H,1,4-6H2,(H,11,14)(H,15,16). The van der Waals surface area contributed by atoms with E-state index in [2.05, 4.69) is 15.6 Å². The van der Waals surface area contributed by atoms with Crippen LogP contribution in [0, 0.1) is 0 Å². The molecule has 0 saturated carbocycles. The predicted octanol–water partition coefficient (Wildman–Crippen LogP) is -0.645. The molecule has 1 aliphatic rings. The number of carbonyl (C=O) groups excluding carboxylic acids is 1. The maximum absolute atomic E-state index is 11.7. The van der Waals surface area contributed by atoms with Crippen LogP contribution >= 0.6 is 11.8 Å². The van der Waals surface area contributed by atoms with Crippen LogP contribution in [0.5, 0.6) is 0 Å². The van der Waals surface area contributed by atoms with Gasteiger partial charge in [0.05, 0.1) is 6.20 Å². The van der Waals surface area contributed by atoms with Gasteiger partial charge in [0.25, 0.3) is 0 Å². The normalized spacial score (nSPS) is 23.5. The molecule has 2 heterocycles. The maximum Gasteiger partial charge on any atom is 0.330 e. The lowest BCUT2D eigenvalue weighted by Crippen LogP contribution is -2.55. The molecule has 1 aromatic heterocycles. The van der Waals surface area contributed by atoms with Gasteiger partial charge in [0.1, 0.15) is 12.1 Å². The summed E-state index contributed by atoms with van der Waals surface area (Å²) < 4.78 is 1.35. The quantitative estimate of drug-likeness (QED) is 0.743. The number of nitrogens with zero attached hydrogens (tertiary/aromatic N) is 3. The molecule has 1 aromatic rings. The lowest BCUT2D eigenvalue weighted by atomic mass is 9.99. The van der Waals surface area contributed by atoms with Crippen molar-refractivity contribution in [3.8, 4) is 0 Å². The van der Waals surface area contributed by atoms with E-state index in [-0.39, 0.29) is 12.5 Å². The number of carboxylic acid groups (broad SMARTS) is 1. The van der Waals surface area contributed by atoms with E-state index < -0.39 is 11.5 Å². The van der Waals surface area contributed by atoms with Gasteiger partial charge in [-0.3, -0.25) is 4.79 Å². The van der Waals surface area contributed by atoms with Crippen molar-refractivity contribution in [2.75, 3.05) is 11.5 Å². The Kier molecular flexibility index (Phi) is 3.32. The summed E-state index contributed by atoms with van der Waals surface area (Å²) in [6.45, 7) is -0.0142. The molecule has 92 valence electrons. The summed E-state index contributed by atoms with van der Waals surface area (Å²) in [7, 11) is 0. The molecule has 0 aromatic carbocycles. The minimum Gasteiger partial charge on any atom is -0.479 e. The monoisotopic (exact) mass is 256 g/mol. The zero-order chi connectivity index (χ0) is 12.3. The molecule has 7 nitrogen and oxygen atoms in total. The Bertz CT molecular complexity index is 414. The van der Waals surface area contributed by atoms with Crippen molar-refractivity contribution in [3.63, 3.8) is 0 Å². The minimum absolute atomic E-state index is 0.0142. The predicted molar refractivity (Wildman–Crippen MR) is 60.5 cm³/mol. The van der Waals surface area contributed by atoms with Crippen LogP contribution in [0.4, 0.5) is 0 Å². The fourth-order valence-electron chi connectivity index (χ4n) is 1.66. The molecule has 1 saturated heterocycles.